The second kappa shape index (κ2) is 8.51. The van der Waals surface area contributed by atoms with Crippen molar-refractivity contribution >= 4 is 29.0 Å². The van der Waals surface area contributed by atoms with E-state index in [0.717, 1.165) is 5.69 Å². The van der Waals surface area contributed by atoms with Crippen molar-refractivity contribution in [3.63, 3.8) is 0 Å². The van der Waals surface area contributed by atoms with Crippen molar-refractivity contribution in [1.82, 2.24) is 14.7 Å². The lowest BCUT2D eigenvalue weighted by atomic mass is 10.1. The quantitative estimate of drug-likeness (QED) is 0.572. The first-order valence-electron chi connectivity index (χ1n) is 10.0. The number of hydrogen-bond donors (Lipinski definition) is 0. The summed E-state index contributed by atoms with van der Waals surface area (Å²) in [6.07, 6.45) is 0. The Labute approximate surface area is 184 Å². The third-order valence-electron chi connectivity index (χ3n) is 5.48. The van der Waals surface area contributed by atoms with Crippen molar-refractivity contribution in [2.45, 2.75) is 13.8 Å². The minimum Gasteiger partial charge on any atom is -0.366 e. The molecular weight excluding hydrogens is 419 g/mol. The van der Waals surface area contributed by atoms with Gasteiger partial charge in [0.2, 0.25) is 0 Å². The van der Waals surface area contributed by atoms with Crippen LogP contribution in [0.4, 0.5) is 10.1 Å². The fraction of sp³-hybridized carbons (Fsp3) is 0.261. The highest BCUT2D eigenvalue weighted by molar-refractivity contribution is 6.33. The van der Waals surface area contributed by atoms with Gasteiger partial charge in [-0.05, 0) is 44.2 Å². The van der Waals surface area contributed by atoms with Crippen LogP contribution < -0.4 is 4.90 Å². The third kappa shape index (κ3) is 4.05. The molecule has 0 N–H and O–H groups in total. The van der Waals surface area contributed by atoms with Gasteiger partial charge in [0, 0.05) is 31.7 Å². The lowest BCUT2D eigenvalue weighted by Crippen LogP contribution is -2.49. The highest BCUT2D eigenvalue weighted by Crippen LogP contribution is 2.27. The SMILES string of the molecule is CC(=O)c1ccc(N2CCN(C(=O)c3c(C)nn(-c4ccccc4)c3Cl)CC2)c(F)c1. The van der Waals surface area contributed by atoms with E-state index in [1.54, 1.807) is 28.6 Å². The van der Waals surface area contributed by atoms with Crippen LogP contribution in [0.3, 0.4) is 0 Å². The number of hydrogen-bond acceptors (Lipinski definition) is 4. The number of rotatable bonds is 4. The molecule has 1 fully saturated rings. The molecule has 2 heterocycles. The van der Waals surface area contributed by atoms with E-state index in [9.17, 15) is 14.0 Å². The van der Waals surface area contributed by atoms with E-state index in [0.29, 0.717) is 48.7 Å². The van der Waals surface area contributed by atoms with Crippen LogP contribution in [0.2, 0.25) is 5.15 Å². The molecule has 0 saturated carbocycles. The summed E-state index contributed by atoms with van der Waals surface area (Å²) in [5, 5.41) is 4.72. The number of halogens is 2. The van der Waals surface area contributed by atoms with Gasteiger partial charge in [-0.1, -0.05) is 29.8 Å². The molecule has 0 spiro atoms. The standard InChI is InChI=1S/C23H22ClFN4O2/c1-15-21(22(24)29(26-15)18-6-4-3-5-7-18)23(31)28-12-10-27(11-13-28)20-9-8-17(16(2)30)14-19(20)25/h3-9,14H,10-13H2,1-2H3. The number of aryl methyl sites for hydroxylation is 1. The largest absolute Gasteiger partial charge is 0.366 e. The van der Waals surface area contributed by atoms with Gasteiger partial charge < -0.3 is 9.80 Å². The predicted molar refractivity (Wildman–Crippen MR) is 118 cm³/mol. The molecule has 1 aliphatic rings. The molecule has 0 radical (unpaired) electrons. The summed E-state index contributed by atoms with van der Waals surface area (Å²) in [6.45, 7) is 4.99. The Bertz CT molecular complexity index is 1140. The van der Waals surface area contributed by atoms with Crippen LogP contribution in [0, 0.1) is 12.7 Å². The monoisotopic (exact) mass is 440 g/mol. The Balaban J connectivity index is 1.49. The van der Waals surface area contributed by atoms with E-state index >= 15 is 0 Å². The number of benzene rings is 2. The number of carbonyl (C=O) groups is 2. The zero-order chi connectivity index (χ0) is 22.1. The number of ketones is 1. The Hall–Kier alpha value is -3.19. The zero-order valence-electron chi connectivity index (χ0n) is 17.3. The van der Waals surface area contributed by atoms with Gasteiger partial charge in [-0.15, -0.1) is 0 Å². The van der Waals surface area contributed by atoms with Crippen molar-refractivity contribution in [1.29, 1.82) is 0 Å². The number of para-hydroxylation sites is 1. The highest BCUT2D eigenvalue weighted by atomic mass is 35.5. The molecule has 1 aliphatic heterocycles. The molecule has 4 rings (SSSR count). The molecule has 0 atom stereocenters. The van der Waals surface area contributed by atoms with Crippen LogP contribution in [0.1, 0.15) is 33.3 Å². The normalized spacial score (nSPS) is 14.1. The van der Waals surface area contributed by atoms with Gasteiger partial charge in [0.15, 0.2) is 5.78 Å². The minimum absolute atomic E-state index is 0.177. The zero-order valence-corrected chi connectivity index (χ0v) is 18.1. The second-order valence-electron chi connectivity index (χ2n) is 7.50. The third-order valence-corrected chi connectivity index (χ3v) is 5.83. The second-order valence-corrected chi connectivity index (χ2v) is 7.86. The molecule has 1 saturated heterocycles. The topological polar surface area (TPSA) is 58.4 Å². The smallest absolute Gasteiger partial charge is 0.259 e. The summed E-state index contributed by atoms with van der Waals surface area (Å²) in [6, 6.07) is 13.9. The van der Waals surface area contributed by atoms with E-state index in [1.165, 1.54) is 13.0 Å². The average Bonchev–Trinajstić information content (AvgIpc) is 3.07. The molecule has 160 valence electrons. The maximum atomic E-state index is 14.5. The van der Waals surface area contributed by atoms with Gasteiger partial charge in [0.25, 0.3) is 5.91 Å². The van der Waals surface area contributed by atoms with E-state index in [2.05, 4.69) is 5.10 Å². The molecule has 1 amide bonds. The average molecular weight is 441 g/mol. The number of carbonyl (C=O) groups excluding carboxylic acids is 2. The lowest BCUT2D eigenvalue weighted by Gasteiger charge is -2.36. The summed E-state index contributed by atoms with van der Waals surface area (Å²) in [5.41, 5.74) is 2.51. The van der Waals surface area contributed by atoms with E-state index in [4.69, 9.17) is 11.6 Å². The molecule has 0 unspecified atom stereocenters. The fourth-order valence-electron chi connectivity index (χ4n) is 3.77. The number of anilines is 1. The molecule has 8 heteroatoms. The van der Waals surface area contributed by atoms with Gasteiger partial charge >= 0.3 is 0 Å². The van der Waals surface area contributed by atoms with Crippen LogP contribution in [-0.2, 0) is 0 Å². The van der Waals surface area contributed by atoms with E-state index in [-0.39, 0.29) is 16.8 Å². The molecule has 3 aromatic rings. The maximum Gasteiger partial charge on any atom is 0.259 e. The van der Waals surface area contributed by atoms with Gasteiger partial charge in [-0.3, -0.25) is 9.59 Å². The maximum absolute atomic E-state index is 14.5. The van der Waals surface area contributed by atoms with E-state index in [1.807, 2.05) is 35.2 Å². The number of Topliss-reactive ketones (excluding diaryl/α,β-unsaturated/α-hetero) is 1. The predicted octanol–water partition coefficient (Wildman–Crippen LogP) is 4.14. The number of amides is 1. The summed E-state index contributed by atoms with van der Waals surface area (Å²) in [7, 11) is 0. The Kier molecular flexibility index (Phi) is 5.78. The van der Waals surface area contributed by atoms with Crippen LogP contribution in [0.25, 0.3) is 5.69 Å². The molecular formula is C23H22ClFN4O2. The number of nitrogens with zero attached hydrogens (tertiary/aromatic N) is 4. The number of piperazine rings is 1. The lowest BCUT2D eigenvalue weighted by molar-refractivity contribution is 0.0746. The summed E-state index contributed by atoms with van der Waals surface area (Å²) < 4.78 is 16.0. The first-order chi connectivity index (χ1) is 14.9. The summed E-state index contributed by atoms with van der Waals surface area (Å²) in [4.78, 5) is 28.2. The van der Waals surface area contributed by atoms with Crippen molar-refractivity contribution in [2.75, 3.05) is 31.1 Å². The summed E-state index contributed by atoms with van der Waals surface area (Å²) in [5.74, 6) is -0.795. The van der Waals surface area contributed by atoms with Gasteiger partial charge in [0.05, 0.1) is 22.6 Å². The van der Waals surface area contributed by atoms with Crippen LogP contribution in [0.5, 0.6) is 0 Å². The van der Waals surface area contributed by atoms with Crippen LogP contribution in [-0.4, -0.2) is 52.5 Å². The first kappa shape index (κ1) is 21.1. The van der Waals surface area contributed by atoms with Crippen LogP contribution >= 0.6 is 11.6 Å². The Morgan fingerprint density at radius 1 is 1.03 bits per heavy atom. The van der Waals surface area contributed by atoms with Gasteiger partial charge in [-0.2, -0.15) is 5.10 Å². The fourth-order valence-corrected chi connectivity index (χ4v) is 4.13. The molecule has 2 aromatic carbocycles. The van der Waals surface area contributed by atoms with Crippen molar-refractivity contribution in [3.8, 4) is 5.69 Å². The summed E-state index contributed by atoms with van der Waals surface area (Å²) >= 11 is 6.53. The first-order valence-corrected chi connectivity index (χ1v) is 10.4. The molecule has 6 nitrogen and oxygen atoms in total. The van der Waals surface area contributed by atoms with Crippen molar-refractivity contribution < 1.29 is 14.0 Å². The molecule has 0 bridgehead atoms. The Morgan fingerprint density at radius 3 is 2.32 bits per heavy atom. The highest BCUT2D eigenvalue weighted by Gasteiger charge is 2.29. The van der Waals surface area contributed by atoms with Crippen molar-refractivity contribution in [2.24, 2.45) is 0 Å². The van der Waals surface area contributed by atoms with E-state index < -0.39 is 5.82 Å². The van der Waals surface area contributed by atoms with Crippen LogP contribution in [0.15, 0.2) is 48.5 Å². The van der Waals surface area contributed by atoms with Gasteiger partial charge in [-0.25, -0.2) is 9.07 Å². The molecule has 0 aliphatic carbocycles. The number of aromatic nitrogens is 2. The van der Waals surface area contributed by atoms with Crippen molar-refractivity contribution in [3.05, 3.63) is 76.3 Å². The molecule has 31 heavy (non-hydrogen) atoms. The molecule has 1 aromatic heterocycles. The minimum atomic E-state index is -0.435. The Morgan fingerprint density at radius 2 is 1.71 bits per heavy atom. The van der Waals surface area contributed by atoms with Gasteiger partial charge in [0.1, 0.15) is 11.0 Å².